The van der Waals surface area contributed by atoms with Gasteiger partial charge in [-0.25, -0.2) is 0 Å². The minimum Gasteiger partial charge on any atom is -0.480 e. The Morgan fingerprint density at radius 3 is 2.63 bits per heavy atom. The second-order valence-electron chi connectivity index (χ2n) is 5.17. The fourth-order valence-corrected chi connectivity index (χ4v) is 3.15. The number of hydrogen-bond acceptors (Lipinski definition) is 2. The van der Waals surface area contributed by atoms with Gasteiger partial charge in [0.1, 0.15) is 6.04 Å². The number of carboxylic acids is 1. The van der Waals surface area contributed by atoms with E-state index in [1.54, 1.807) is 0 Å². The van der Waals surface area contributed by atoms with E-state index in [0.29, 0.717) is 0 Å². The lowest BCUT2D eigenvalue weighted by atomic mass is 10.0. The predicted molar refractivity (Wildman–Crippen MR) is 84.2 cm³/mol. The van der Waals surface area contributed by atoms with Crippen LogP contribution in [0.1, 0.15) is 44.2 Å². The SMILES string of the molecule is CC(c1ccc(I)cc1)N1CCCCCC1C(=O)O. The number of likely N-dealkylation sites (tertiary alicyclic amines) is 1. The van der Waals surface area contributed by atoms with Crippen LogP contribution in [0.15, 0.2) is 24.3 Å². The minimum atomic E-state index is -0.681. The number of nitrogens with zero attached hydrogens (tertiary/aromatic N) is 1. The van der Waals surface area contributed by atoms with E-state index < -0.39 is 5.97 Å². The van der Waals surface area contributed by atoms with Crippen molar-refractivity contribution in [1.82, 2.24) is 4.90 Å². The standard InChI is InChI=1S/C15H20INO2/c1-11(12-6-8-13(16)9-7-12)17-10-4-2-3-5-14(17)15(18)19/h6-9,11,14H,2-5,10H2,1H3,(H,18,19). The first-order valence-corrected chi connectivity index (χ1v) is 7.91. The summed E-state index contributed by atoms with van der Waals surface area (Å²) < 4.78 is 1.21. The maximum absolute atomic E-state index is 11.5. The van der Waals surface area contributed by atoms with Crippen LogP contribution < -0.4 is 0 Å². The molecule has 104 valence electrons. The molecule has 2 unspecified atom stereocenters. The van der Waals surface area contributed by atoms with Gasteiger partial charge in [-0.2, -0.15) is 0 Å². The molecule has 3 nitrogen and oxygen atoms in total. The third kappa shape index (κ3) is 3.69. The number of hydrogen-bond donors (Lipinski definition) is 1. The Bertz CT molecular complexity index is 432. The molecule has 0 bridgehead atoms. The predicted octanol–water partition coefficient (Wildman–Crippen LogP) is 3.68. The van der Waals surface area contributed by atoms with E-state index >= 15 is 0 Å². The molecule has 1 aliphatic rings. The molecule has 0 aliphatic carbocycles. The van der Waals surface area contributed by atoms with Crippen LogP contribution in [-0.4, -0.2) is 28.6 Å². The summed E-state index contributed by atoms with van der Waals surface area (Å²) in [4.78, 5) is 13.6. The van der Waals surface area contributed by atoms with Gasteiger partial charge in [0, 0.05) is 9.61 Å². The van der Waals surface area contributed by atoms with Gasteiger partial charge >= 0.3 is 5.97 Å². The third-order valence-corrected chi connectivity index (χ3v) is 4.65. The van der Waals surface area contributed by atoms with Crippen molar-refractivity contribution in [3.05, 3.63) is 33.4 Å². The highest BCUT2D eigenvalue weighted by molar-refractivity contribution is 14.1. The molecule has 1 heterocycles. The molecule has 0 saturated carbocycles. The van der Waals surface area contributed by atoms with Crippen molar-refractivity contribution in [2.75, 3.05) is 6.54 Å². The van der Waals surface area contributed by atoms with E-state index in [2.05, 4.69) is 58.7 Å². The highest BCUT2D eigenvalue weighted by Crippen LogP contribution is 2.28. The van der Waals surface area contributed by atoms with E-state index in [4.69, 9.17) is 0 Å². The molecule has 1 aromatic rings. The normalized spacial score (nSPS) is 22.7. The molecule has 0 spiro atoms. The summed E-state index contributed by atoms with van der Waals surface area (Å²) in [5.41, 5.74) is 1.20. The molecule has 2 rings (SSSR count). The fraction of sp³-hybridized carbons (Fsp3) is 0.533. The first kappa shape index (κ1) is 14.8. The van der Waals surface area contributed by atoms with Crippen molar-refractivity contribution in [3.8, 4) is 0 Å². The summed E-state index contributed by atoms with van der Waals surface area (Å²) in [6.45, 7) is 2.99. The Hall–Kier alpha value is -0.620. The average Bonchev–Trinajstić information content (AvgIpc) is 2.64. The van der Waals surface area contributed by atoms with Crippen molar-refractivity contribution in [2.24, 2.45) is 0 Å². The van der Waals surface area contributed by atoms with Crippen LogP contribution >= 0.6 is 22.6 Å². The second kappa shape index (κ2) is 6.70. The van der Waals surface area contributed by atoms with Crippen LogP contribution in [0.5, 0.6) is 0 Å². The number of benzene rings is 1. The molecule has 1 saturated heterocycles. The number of carboxylic acid groups (broad SMARTS) is 1. The Kier molecular flexibility index (Phi) is 5.21. The topological polar surface area (TPSA) is 40.5 Å². The first-order valence-electron chi connectivity index (χ1n) is 6.83. The van der Waals surface area contributed by atoms with Gasteiger partial charge in [0.25, 0.3) is 0 Å². The molecular weight excluding hydrogens is 353 g/mol. The maximum Gasteiger partial charge on any atom is 0.320 e. The molecule has 0 amide bonds. The van der Waals surface area contributed by atoms with Gasteiger partial charge in [0.05, 0.1) is 0 Å². The molecule has 1 fully saturated rings. The van der Waals surface area contributed by atoms with Gasteiger partial charge in [0.2, 0.25) is 0 Å². The molecule has 0 aromatic heterocycles. The van der Waals surface area contributed by atoms with Crippen molar-refractivity contribution < 1.29 is 9.90 Å². The molecule has 19 heavy (non-hydrogen) atoms. The Labute approximate surface area is 128 Å². The number of aliphatic carboxylic acids is 1. The fourth-order valence-electron chi connectivity index (χ4n) is 2.79. The van der Waals surface area contributed by atoms with Crippen LogP contribution in [-0.2, 0) is 4.79 Å². The summed E-state index contributed by atoms with van der Waals surface area (Å²) in [6.07, 6.45) is 4.02. The van der Waals surface area contributed by atoms with E-state index in [1.165, 1.54) is 9.13 Å². The Balaban J connectivity index is 2.20. The molecule has 1 aliphatic heterocycles. The van der Waals surface area contributed by atoms with Gasteiger partial charge in [-0.15, -0.1) is 0 Å². The van der Waals surface area contributed by atoms with Gasteiger partial charge in [-0.3, -0.25) is 9.69 Å². The number of rotatable bonds is 3. The minimum absolute atomic E-state index is 0.163. The van der Waals surface area contributed by atoms with Gasteiger partial charge in [0.15, 0.2) is 0 Å². The zero-order chi connectivity index (χ0) is 13.8. The van der Waals surface area contributed by atoms with Crippen LogP contribution in [0.2, 0.25) is 0 Å². The quantitative estimate of drug-likeness (QED) is 0.822. The Morgan fingerprint density at radius 1 is 1.32 bits per heavy atom. The van der Waals surface area contributed by atoms with Crippen LogP contribution in [0.25, 0.3) is 0 Å². The number of halogens is 1. The lowest BCUT2D eigenvalue weighted by Gasteiger charge is -2.33. The van der Waals surface area contributed by atoms with E-state index in [0.717, 1.165) is 32.2 Å². The van der Waals surface area contributed by atoms with Crippen molar-refractivity contribution in [3.63, 3.8) is 0 Å². The summed E-state index contributed by atoms with van der Waals surface area (Å²) in [5, 5.41) is 9.43. The smallest absolute Gasteiger partial charge is 0.320 e. The maximum atomic E-state index is 11.5. The van der Waals surface area contributed by atoms with Crippen LogP contribution in [0.3, 0.4) is 0 Å². The van der Waals surface area contributed by atoms with Crippen LogP contribution in [0.4, 0.5) is 0 Å². The van der Waals surface area contributed by atoms with Crippen molar-refractivity contribution in [2.45, 2.75) is 44.7 Å². The lowest BCUT2D eigenvalue weighted by molar-refractivity contribution is -0.144. The van der Waals surface area contributed by atoms with Gasteiger partial charge < -0.3 is 5.11 Å². The molecular formula is C15H20INO2. The summed E-state index contributed by atoms with van der Waals surface area (Å²) in [6, 6.07) is 8.21. The third-order valence-electron chi connectivity index (χ3n) is 3.93. The summed E-state index contributed by atoms with van der Waals surface area (Å²) in [5.74, 6) is -0.681. The lowest BCUT2D eigenvalue weighted by Crippen LogP contribution is -2.42. The highest BCUT2D eigenvalue weighted by atomic mass is 127. The first-order chi connectivity index (χ1) is 9.09. The van der Waals surface area contributed by atoms with Gasteiger partial charge in [-0.05, 0) is 66.6 Å². The highest BCUT2D eigenvalue weighted by Gasteiger charge is 2.30. The average molecular weight is 373 g/mol. The second-order valence-corrected chi connectivity index (χ2v) is 6.41. The molecule has 4 heteroatoms. The largest absolute Gasteiger partial charge is 0.480 e. The molecule has 1 aromatic carbocycles. The summed E-state index contributed by atoms with van der Waals surface area (Å²) in [7, 11) is 0. The zero-order valence-electron chi connectivity index (χ0n) is 11.2. The van der Waals surface area contributed by atoms with E-state index in [-0.39, 0.29) is 12.1 Å². The van der Waals surface area contributed by atoms with Gasteiger partial charge in [-0.1, -0.05) is 25.0 Å². The van der Waals surface area contributed by atoms with Crippen molar-refractivity contribution in [1.29, 1.82) is 0 Å². The Morgan fingerprint density at radius 2 is 2.00 bits per heavy atom. The molecule has 1 N–H and O–H groups in total. The number of carbonyl (C=O) groups is 1. The van der Waals surface area contributed by atoms with E-state index in [9.17, 15) is 9.90 Å². The molecule has 2 atom stereocenters. The van der Waals surface area contributed by atoms with E-state index in [1.807, 2.05) is 0 Å². The summed E-state index contributed by atoms with van der Waals surface area (Å²) >= 11 is 2.29. The van der Waals surface area contributed by atoms with Crippen LogP contribution in [0, 0.1) is 3.57 Å². The zero-order valence-corrected chi connectivity index (χ0v) is 13.3. The molecule has 0 radical (unpaired) electrons. The monoisotopic (exact) mass is 373 g/mol. The van der Waals surface area contributed by atoms with Crippen molar-refractivity contribution >= 4 is 28.6 Å².